The average molecular weight is 139 g/mol. The first-order valence-corrected chi connectivity index (χ1v) is 3.64. The lowest BCUT2D eigenvalue weighted by atomic mass is 10.0. The molecule has 0 aromatic rings. The van der Waals surface area contributed by atoms with Gasteiger partial charge in [0.1, 0.15) is 0 Å². The van der Waals surface area contributed by atoms with E-state index in [9.17, 15) is 4.79 Å². The van der Waals surface area contributed by atoms with Crippen LogP contribution in [-0.4, -0.2) is 13.0 Å². The third-order valence-electron chi connectivity index (χ3n) is 2.03. The summed E-state index contributed by atoms with van der Waals surface area (Å²) < 4.78 is 0. The maximum atomic E-state index is 11.1. The minimum absolute atomic E-state index is 0.157. The fourth-order valence-corrected chi connectivity index (χ4v) is 1.36. The second-order valence-electron chi connectivity index (χ2n) is 2.69. The molecule has 1 unspecified atom stereocenters. The van der Waals surface area contributed by atoms with E-state index < -0.39 is 0 Å². The van der Waals surface area contributed by atoms with Crippen LogP contribution >= 0.6 is 0 Å². The van der Waals surface area contributed by atoms with Crippen molar-refractivity contribution in [1.29, 1.82) is 0 Å². The normalized spacial score (nSPS) is 24.2. The lowest BCUT2D eigenvalue weighted by Gasteiger charge is -2.08. The van der Waals surface area contributed by atoms with E-state index in [1.54, 1.807) is 7.05 Å². The van der Waals surface area contributed by atoms with Crippen LogP contribution in [0.3, 0.4) is 0 Å². The van der Waals surface area contributed by atoms with Gasteiger partial charge in [0, 0.05) is 7.05 Å². The van der Waals surface area contributed by atoms with Crippen LogP contribution in [0.4, 0.5) is 0 Å². The number of carbonyl (C=O) groups excluding carboxylic acids is 1. The molecule has 0 spiro atoms. The van der Waals surface area contributed by atoms with E-state index in [4.69, 9.17) is 0 Å². The van der Waals surface area contributed by atoms with E-state index >= 15 is 0 Å². The number of hydrogen-bond donors (Lipinski definition) is 1. The van der Waals surface area contributed by atoms with Gasteiger partial charge in [0.25, 0.3) is 0 Å². The maximum absolute atomic E-state index is 11.1. The average Bonchev–Trinajstić information content (AvgIpc) is 2.34. The molecule has 0 aromatic heterocycles. The van der Waals surface area contributed by atoms with E-state index in [0.717, 1.165) is 12.8 Å². The van der Waals surface area contributed by atoms with Gasteiger partial charge in [-0.25, -0.2) is 0 Å². The van der Waals surface area contributed by atoms with Crippen molar-refractivity contribution < 1.29 is 4.79 Å². The van der Waals surface area contributed by atoms with Gasteiger partial charge in [-0.3, -0.25) is 4.79 Å². The van der Waals surface area contributed by atoms with Crippen molar-refractivity contribution in [3.63, 3.8) is 0 Å². The highest BCUT2D eigenvalue weighted by Crippen LogP contribution is 2.24. The van der Waals surface area contributed by atoms with Gasteiger partial charge in [0.05, 0.1) is 5.92 Å². The second kappa shape index (κ2) is 2.86. The van der Waals surface area contributed by atoms with Crippen molar-refractivity contribution >= 4 is 5.91 Å². The van der Waals surface area contributed by atoms with Gasteiger partial charge in [0.2, 0.25) is 5.91 Å². The molecule has 1 N–H and O–H groups in total. The van der Waals surface area contributed by atoms with Crippen molar-refractivity contribution in [3.8, 4) is 0 Å². The topological polar surface area (TPSA) is 29.1 Å². The summed E-state index contributed by atoms with van der Waals surface area (Å²) in [7, 11) is 1.69. The molecule has 56 valence electrons. The summed E-state index contributed by atoms with van der Waals surface area (Å²) in [4.78, 5) is 11.1. The van der Waals surface area contributed by atoms with Gasteiger partial charge in [-0.05, 0) is 19.8 Å². The summed E-state index contributed by atoms with van der Waals surface area (Å²) in [5.41, 5.74) is 1.22. The molecule has 0 aromatic carbocycles. The second-order valence-corrected chi connectivity index (χ2v) is 2.69. The van der Waals surface area contributed by atoms with Gasteiger partial charge in [-0.1, -0.05) is 11.6 Å². The number of nitrogens with one attached hydrogen (secondary N) is 1. The molecule has 0 fully saturated rings. The smallest absolute Gasteiger partial charge is 0.226 e. The Morgan fingerprint density at radius 3 is 2.90 bits per heavy atom. The zero-order valence-corrected chi connectivity index (χ0v) is 6.48. The molecule has 10 heavy (non-hydrogen) atoms. The molecular weight excluding hydrogens is 126 g/mol. The Kier molecular flexibility index (Phi) is 2.10. The third kappa shape index (κ3) is 1.20. The van der Waals surface area contributed by atoms with E-state index in [1.165, 1.54) is 5.57 Å². The van der Waals surface area contributed by atoms with Gasteiger partial charge >= 0.3 is 0 Å². The van der Waals surface area contributed by atoms with Crippen LogP contribution in [0.15, 0.2) is 11.6 Å². The largest absolute Gasteiger partial charge is 0.359 e. The van der Waals surface area contributed by atoms with E-state index in [-0.39, 0.29) is 11.8 Å². The van der Waals surface area contributed by atoms with Crippen molar-refractivity contribution in [2.45, 2.75) is 19.8 Å². The standard InChI is InChI=1S/C8H13NO/c1-6-4-3-5-7(6)8(10)9-2/h4,7H,3,5H2,1-2H3,(H,9,10). The predicted molar refractivity (Wildman–Crippen MR) is 40.5 cm³/mol. The van der Waals surface area contributed by atoms with Gasteiger partial charge in [-0.15, -0.1) is 0 Å². The summed E-state index contributed by atoms with van der Waals surface area (Å²) in [5.74, 6) is 0.316. The summed E-state index contributed by atoms with van der Waals surface area (Å²) >= 11 is 0. The first-order valence-electron chi connectivity index (χ1n) is 3.64. The zero-order chi connectivity index (χ0) is 7.56. The van der Waals surface area contributed by atoms with Crippen LogP contribution in [-0.2, 0) is 4.79 Å². The SMILES string of the molecule is CNC(=O)C1CCC=C1C. The van der Waals surface area contributed by atoms with Crippen LogP contribution in [0, 0.1) is 5.92 Å². The van der Waals surface area contributed by atoms with Crippen molar-refractivity contribution in [2.24, 2.45) is 5.92 Å². The molecule has 0 saturated carbocycles. The van der Waals surface area contributed by atoms with Crippen LogP contribution in [0.2, 0.25) is 0 Å². The number of carbonyl (C=O) groups is 1. The van der Waals surface area contributed by atoms with Crippen molar-refractivity contribution in [2.75, 3.05) is 7.05 Å². The van der Waals surface area contributed by atoms with E-state index in [2.05, 4.69) is 11.4 Å². The first kappa shape index (κ1) is 7.32. The van der Waals surface area contributed by atoms with Crippen LogP contribution in [0.1, 0.15) is 19.8 Å². The maximum Gasteiger partial charge on any atom is 0.226 e. The molecule has 1 rings (SSSR count). The minimum Gasteiger partial charge on any atom is -0.359 e. The quantitative estimate of drug-likeness (QED) is 0.541. The van der Waals surface area contributed by atoms with Crippen LogP contribution in [0.5, 0.6) is 0 Å². The summed E-state index contributed by atoms with van der Waals surface area (Å²) in [6.07, 6.45) is 4.19. The minimum atomic E-state index is 0.157. The highest BCUT2D eigenvalue weighted by atomic mass is 16.1. The van der Waals surface area contributed by atoms with Crippen LogP contribution < -0.4 is 5.32 Å². The number of amides is 1. The molecule has 2 nitrogen and oxygen atoms in total. The lowest BCUT2D eigenvalue weighted by Crippen LogP contribution is -2.26. The fraction of sp³-hybridized carbons (Fsp3) is 0.625. The number of hydrogen-bond acceptors (Lipinski definition) is 1. The van der Waals surface area contributed by atoms with Gasteiger partial charge in [-0.2, -0.15) is 0 Å². The molecular formula is C8H13NO. The predicted octanol–water partition coefficient (Wildman–Crippen LogP) is 1.09. The highest BCUT2D eigenvalue weighted by molar-refractivity contribution is 5.81. The zero-order valence-electron chi connectivity index (χ0n) is 6.48. The van der Waals surface area contributed by atoms with Crippen molar-refractivity contribution in [3.05, 3.63) is 11.6 Å². The summed E-state index contributed by atoms with van der Waals surface area (Å²) in [6.45, 7) is 2.02. The Labute approximate surface area is 61.3 Å². The van der Waals surface area contributed by atoms with Crippen molar-refractivity contribution in [1.82, 2.24) is 5.32 Å². The Morgan fingerprint density at radius 2 is 2.50 bits per heavy atom. The number of allylic oxidation sites excluding steroid dienone is 1. The highest BCUT2D eigenvalue weighted by Gasteiger charge is 2.21. The van der Waals surface area contributed by atoms with E-state index in [0.29, 0.717) is 0 Å². The molecule has 0 heterocycles. The van der Waals surface area contributed by atoms with Gasteiger partial charge < -0.3 is 5.32 Å². The van der Waals surface area contributed by atoms with Crippen LogP contribution in [0.25, 0.3) is 0 Å². The Balaban J connectivity index is 2.57. The molecule has 0 radical (unpaired) electrons. The molecule has 1 amide bonds. The summed E-state index contributed by atoms with van der Waals surface area (Å²) in [5, 5.41) is 2.66. The molecule has 1 aliphatic carbocycles. The Morgan fingerprint density at radius 1 is 1.80 bits per heavy atom. The van der Waals surface area contributed by atoms with Gasteiger partial charge in [0.15, 0.2) is 0 Å². The Hall–Kier alpha value is -0.790. The monoisotopic (exact) mass is 139 g/mol. The molecule has 0 saturated heterocycles. The first-order chi connectivity index (χ1) is 4.75. The fourth-order valence-electron chi connectivity index (χ4n) is 1.36. The van der Waals surface area contributed by atoms with E-state index in [1.807, 2.05) is 6.92 Å². The molecule has 2 heteroatoms. The lowest BCUT2D eigenvalue weighted by molar-refractivity contribution is -0.123. The molecule has 1 atom stereocenters. The Bertz CT molecular complexity index is 172. The number of rotatable bonds is 1. The molecule has 0 aliphatic heterocycles. The third-order valence-corrected chi connectivity index (χ3v) is 2.03. The summed E-state index contributed by atoms with van der Waals surface area (Å²) in [6, 6.07) is 0. The molecule has 1 aliphatic rings. The molecule has 0 bridgehead atoms.